The van der Waals surface area contributed by atoms with Crippen molar-refractivity contribution in [3.8, 4) is 11.5 Å². The molecule has 0 N–H and O–H groups in total. The molecule has 0 amide bonds. The van der Waals surface area contributed by atoms with E-state index in [2.05, 4.69) is 0 Å². The zero-order valence-electron chi connectivity index (χ0n) is 14.9. The molecule has 1 saturated carbocycles. The van der Waals surface area contributed by atoms with E-state index in [1.807, 2.05) is 48.5 Å². The van der Waals surface area contributed by atoms with Crippen molar-refractivity contribution in [1.82, 2.24) is 0 Å². The molecule has 3 nitrogen and oxygen atoms in total. The van der Waals surface area contributed by atoms with E-state index in [-0.39, 0.29) is 11.8 Å². The van der Waals surface area contributed by atoms with Crippen molar-refractivity contribution in [2.45, 2.75) is 37.4 Å². The number of halogens is 3. The number of carbonyl (C=O) groups excluding carboxylic acids is 1. The Kier molecular flexibility index (Phi) is 3.86. The van der Waals surface area contributed by atoms with Crippen molar-refractivity contribution in [2.24, 2.45) is 16.8 Å². The highest BCUT2D eigenvalue weighted by Crippen LogP contribution is 2.50. The fourth-order valence-corrected chi connectivity index (χ4v) is 5.01. The first-order valence-corrected chi connectivity index (χ1v) is 9.47. The summed E-state index contributed by atoms with van der Waals surface area (Å²) in [5.41, 5.74) is 2.81. The molecule has 1 fully saturated rings. The Morgan fingerprint density at radius 3 is 2.14 bits per heavy atom. The van der Waals surface area contributed by atoms with Gasteiger partial charge in [-0.1, -0.05) is 36.4 Å². The van der Waals surface area contributed by atoms with Crippen LogP contribution in [0.25, 0.3) is 0 Å². The van der Waals surface area contributed by atoms with Crippen LogP contribution < -0.4 is 4.74 Å². The molecule has 3 atom stereocenters. The van der Waals surface area contributed by atoms with Crippen LogP contribution in [0.5, 0.6) is 11.5 Å². The van der Waals surface area contributed by atoms with Crippen LogP contribution in [-0.4, -0.2) is 23.7 Å². The summed E-state index contributed by atoms with van der Waals surface area (Å²) in [6.45, 7) is 0. The number of hydrogen-bond acceptors (Lipinski definition) is 3. The van der Waals surface area contributed by atoms with Crippen LogP contribution in [0.1, 0.15) is 36.3 Å². The molecule has 2 aromatic carbocycles. The number of nitrogens with zero attached hydrogens (tertiary/aromatic N) is 1. The van der Waals surface area contributed by atoms with E-state index in [4.69, 9.17) is 9.73 Å². The molecule has 0 saturated heterocycles. The van der Waals surface area contributed by atoms with Gasteiger partial charge in [-0.2, -0.15) is 13.2 Å². The third-order valence-corrected chi connectivity index (χ3v) is 6.15. The van der Waals surface area contributed by atoms with Crippen molar-refractivity contribution in [3.05, 3.63) is 59.7 Å². The second-order valence-corrected chi connectivity index (χ2v) is 7.73. The van der Waals surface area contributed by atoms with Crippen molar-refractivity contribution < 1.29 is 22.7 Å². The number of Topliss-reactive ketones (excluding diaryl/α,β-unsaturated/α-hetero) is 1. The summed E-state index contributed by atoms with van der Waals surface area (Å²) < 4.78 is 45.1. The lowest BCUT2D eigenvalue weighted by atomic mass is 9.76. The maximum absolute atomic E-state index is 13.0. The Morgan fingerprint density at radius 1 is 0.964 bits per heavy atom. The monoisotopic (exact) mass is 385 g/mol. The van der Waals surface area contributed by atoms with Gasteiger partial charge in [0.2, 0.25) is 5.78 Å². The first kappa shape index (κ1) is 17.5. The number of rotatable bonds is 2. The molecule has 2 aromatic rings. The van der Waals surface area contributed by atoms with E-state index >= 15 is 0 Å². The zero-order valence-corrected chi connectivity index (χ0v) is 14.9. The van der Waals surface area contributed by atoms with E-state index in [9.17, 15) is 18.0 Å². The van der Waals surface area contributed by atoms with Gasteiger partial charge in [-0.15, -0.1) is 0 Å². The summed E-state index contributed by atoms with van der Waals surface area (Å²) in [6, 6.07) is 14.8. The van der Waals surface area contributed by atoms with Gasteiger partial charge in [-0.05, 0) is 37.3 Å². The van der Waals surface area contributed by atoms with Gasteiger partial charge in [0.15, 0.2) is 0 Å². The SMILES string of the molecule is O=C(C1C2CCC1N=C(C1c3ccccc3Oc3ccccc31)C2)C(F)(F)F. The van der Waals surface area contributed by atoms with Gasteiger partial charge in [0.1, 0.15) is 11.5 Å². The van der Waals surface area contributed by atoms with Crippen LogP contribution >= 0.6 is 0 Å². The molecule has 0 spiro atoms. The quantitative estimate of drug-likeness (QED) is 0.704. The smallest absolute Gasteiger partial charge is 0.450 e. The lowest BCUT2D eigenvalue weighted by molar-refractivity contribution is -0.177. The van der Waals surface area contributed by atoms with Gasteiger partial charge >= 0.3 is 6.18 Å². The Hall–Kier alpha value is -2.63. The van der Waals surface area contributed by atoms with Crippen LogP contribution in [0.2, 0.25) is 0 Å². The molecule has 0 aromatic heterocycles. The largest absolute Gasteiger partial charge is 0.457 e. The molecule has 144 valence electrons. The maximum atomic E-state index is 13.0. The summed E-state index contributed by atoms with van der Waals surface area (Å²) >= 11 is 0. The van der Waals surface area contributed by atoms with E-state index in [0.29, 0.717) is 19.3 Å². The van der Waals surface area contributed by atoms with E-state index in [0.717, 1.165) is 28.3 Å². The Labute approximate surface area is 160 Å². The predicted molar refractivity (Wildman–Crippen MR) is 97.9 cm³/mol. The minimum absolute atomic E-state index is 0.147. The molecule has 2 heterocycles. The Morgan fingerprint density at radius 2 is 1.57 bits per heavy atom. The highest BCUT2D eigenvalue weighted by atomic mass is 19.4. The van der Waals surface area contributed by atoms with Gasteiger partial charge < -0.3 is 4.74 Å². The summed E-state index contributed by atoms with van der Waals surface area (Å²) in [4.78, 5) is 16.7. The molecular weight excluding hydrogens is 367 g/mol. The highest BCUT2D eigenvalue weighted by molar-refractivity contribution is 5.98. The molecule has 3 aliphatic rings. The molecule has 1 aliphatic carbocycles. The Bertz CT molecular complexity index is 936. The van der Waals surface area contributed by atoms with Crippen LogP contribution in [0, 0.1) is 11.8 Å². The van der Waals surface area contributed by atoms with Crippen LogP contribution in [0.4, 0.5) is 13.2 Å². The van der Waals surface area contributed by atoms with E-state index < -0.39 is 23.9 Å². The number of hydrogen-bond donors (Lipinski definition) is 0. The fourth-order valence-electron chi connectivity index (χ4n) is 5.01. The number of alkyl halides is 3. The summed E-state index contributed by atoms with van der Waals surface area (Å²) in [5, 5.41) is 0. The standard InChI is InChI=1S/C22H18F3NO2/c23-22(24,25)21(27)19-12-9-10-15(19)26-16(11-12)20-13-5-1-3-7-17(13)28-18-8-4-2-6-14(18)20/h1-8,12,15,19-20H,9-11H2. The molecule has 3 unspecified atom stereocenters. The third-order valence-electron chi connectivity index (χ3n) is 6.15. The lowest BCUT2D eigenvalue weighted by Gasteiger charge is -2.34. The summed E-state index contributed by atoms with van der Waals surface area (Å²) in [7, 11) is 0. The van der Waals surface area contributed by atoms with Gasteiger partial charge in [0.25, 0.3) is 0 Å². The van der Waals surface area contributed by atoms with Crippen LogP contribution in [-0.2, 0) is 4.79 Å². The number of aliphatic imine (C=N–C) groups is 1. The number of fused-ring (bicyclic) bond motifs is 4. The summed E-state index contributed by atoms with van der Waals surface area (Å²) in [5.74, 6) is -1.60. The zero-order chi connectivity index (χ0) is 19.5. The van der Waals surface area contributed by atoms with Crippen molar-refractivity contribution in [1.29, 1.82) is 0 Å². The van der Waals surface area contributed by atoms with Crippen LogP contribution in [0.3, 0.4) is 0 Å². The predicted octanol–water partition coefficient (Wildman–Crippen LogP) is 5.30. The highest BCUT2D eigenvalue weighted by Gasteiger charge is 2.54. The third kappa shape index (κ3) is 2.65. The number of benzene rings is 2. The molecule has 0 radical (unpaired) electrons. The van der Waals surface area contributed by atoms with Crippen molar-refractivity contribution in [3.63, 3.8) is 0 Å². The maximum Gasteiger partial charge on any atom is 0.450 e. The number of para-hydroxylation sites is 2. The molecule has 5 rings (SSSR count). The van der Waals surface area contributed by atoms with E-state index in [1.165, 1.54) is 0 Å². The van der Waals surface area contributed by atoms with Gasteiger partial charge in [0, 0.05) is 16.8 Å². The number of ether oxygens (including phenoxy) is 1. The van der Waals surface area contributed by atoms with Gasteiger partial charge in [-0.3, -0.25) is 9.79 Å². The average Bonchev–Trinajstić information content (AvgIpc) is 2.93. The molecule has 6 heteroatoms. The van der Waals surface area contributed by atoms with Gasteiger partial charge in [0.05, 0.1) is 17.9 Å². The second kappa shape index (κ2) is 6.19. The minimum atomic E-state index is -4.80. The molecule has 2 aliphatic heterocycles. The number of ketones is 1. The lowest BCUT2D eigenvalue weighted by Crippen LogP contribution is -2.41. The molecule has 2 bridgehead atoms. The minimum Gasteiger partial charge on any atom is -0.457 e. The molecular formula is C22H18F3NO2. The number of carbonyl (C=O) groups is 1. The normalized spacial score (nSPS) is 26.1. The first-order valence-electron chi connectivity index (χ1n) is 9.47. The van der Waals surface area contributed by atoms with Crippen molar-refractivity contribution in [2.75, 3.05) is 0 Å². The molecule has 28 heavy (non-hydrogen) atoms. The van der Waals surface area contributed by atoms with Crippen molar-refractivity contribution >= 4 is 11.5 Å². The second-order valence-electron chi connectivity index (χ2n) is 7.73. The first-order chi connectivity index (χ1) is 13.4. The van der Waals surface area contributed by atoms with E-state index in [1.54, 1.807) is 0 Å². The average molecular weight is 385 g/mol. The van der Waals surface area contributed by atoms with Gasteiger partial charge in [-0.25, -0.2) is 0 Å². The Balaban J connectivity index is 1.57. The summed E-state index contributed by atoms with van der Waals surface area (Å²) in [6.07, 6.45) is -3.24. The topological polar surface area (TPSA) is 38.7 Å². The van der Waals surface area contributed by atoms with Crippen LogP contribution in [0.15, 0.2) is 53.5 Å². The fraction of sp³-hybridized carbons (Fsp3) is 0.364.